The van der Waals surface area contributed by atoms with Crippen molar-refractivity contribution in [2.45, 2.75) is 6.92 Å². The topological polar surface area (TPSA) is 38.3 Å². The Morgan fingerprint density at radius 3 is 2.74 bits per heavy atom. The van der Waals surface area contributed by atoms with Crippen LogP contribution in [0.25, 0.3) is 0 Å². The van der Waals surface area contributed by atoms with E-state index in [2.05, 4.69) is 17.2 Å². The molecule has 1 amide bonds. The molecule has 0 aliphatic carbocycles. The first-order valence-electron chi connectivity index (χ1n) is 6.95. The molecule has 0 atom stereocenters. The average molecular weight is 348 g/mol. The first kappa shape index (κ1) is 17.2. The number of carbonyl (C=O) groups is 1. The lowest BCUT2D eigenvalue weighted by atomic mass is 10.2. The fourth-order valence-electron chi connectivity index (χ4n) is 1.84. The molecular formula is C18H15Cl2NO2. The first-order valence-corrected chi connectivity index (χ1v) is 7.71. The van der Waals surface area contributed by atoms with Crippen molar-refractivity contribution in [1.29, 1.82) is 0 Å². The average Bonchev–Trinajstić information content (AvgIpc) is 2.54. The monoisotopic (exact) mass is 347 g/mol. The van der Waals surface area contributed by atoms with Crippen LogP contribution in [0.15, 0.2) is 42.5 Å². The van der Waals surface area contributed by atoms with E-state index in [0.717, 1.165) is 11.3 Å². The van der Waals surface area contributed by atoms with Crippen molar-refractivity contribution in [3.63, 3.8) is 0 Å². The van der Waals surface area contributed by atoms with Crippen molar-refractivity contribution in [2.24, 2.45) is 0 Å². The number of halogens is 2. The van der Waals surface area contributed by atoms with Gasteiger partial charge in [0.1, 0.15) is 12.4 Å². The van der Waals surface area contributed by atoms with Gasteiger partial charge in [0.2, 0.25) is 0 Å². The number of ether oxygens (including phenoxy) is 1. The van der Waals surface area contributed by atoms with E-state index in [4.69, 9.17) is 27.9 Å². The Labute approximate surface area is 145 Å². The zero-order valence-electron chi connectivity index (χ0n) is 12.5. The molecule has 0 spiro atoms. The van der Waals surface area contributed by atoms with Gasteiger partial charge in [-0.25, -0.2) is 0 Å². The molecule has 0 bridgehead atoms. The summed E-state index contributed by atoms with van der Waals surface area (Å²) in [6.07, 6.45) is 0. The van der Waals surface area contributed by atoms with Crippen LogP contribution >= 0.6 is 23.2 Å². The van der Waals surface area contributed by atoms with Crippen molar-refractivity contribution in [2.75, 3.05) is 13.2 Å². The van der Waals surface area contributed by atoms with Gasteiger partial charge in [-0.2, -0.15) is 0 Å². The summed E-state index contributed by atoms with van der Waals surface area (Å²) in [7, 11) is 0. The smallest absolute Gasteiger partial charge is 0.253 e. The highest BCUT2D eigenvalue weighted by Crippen LogP contribution is 2.20. The number of aryl methyl sites for hydroxylation is 1. The highest BCUT2D eigenvalue weighted by atomic mass is 35.5. The molecule has 0 aromatic heterocycles. The Morgan fingerprint density at radius 1 is 1.17 bits per heavy atom. The molecule has 0 unspecified atom stereocenters. The maximum atomic E-state index is 12.0. The van der Waals surface area contributed by atoms with Crippen LogP contribution in [0.4, 0.5) is 0 Å². The summed E-state index contributed by atoms with van der Waals surface area (Å²) in [4.78, 5) is 12.0. The predicted molar refractivity (Wildman–Crippen MR) is 93.2 cm³/mol. The van der Waals surface area contributed by atoms with E-state index in [-0.39, 0.29) is 19.1 Å². The third kappa shape index (κ3) is 5.21. The lowest BCUT2D eigenvalue weighted by Crippen LogP contribution is -2.24. The quantitative estimate of drug-likeness (QED) is 0.845. The molecule has 2 aromatic carbocycles. The summed E-state index contributed by atoms with van der Waals surface area (Å²) in [5, 5.41) is 3.47. The van der Waals surface area contributed by atoms with Gasteiger partial charge in [0.25, 0.3) is 5.91 Å². The Balaban J connectivity index is 1.80. The molecule has 23 heavy (non-hydrogen) atoms. The molecule has 0 aliphatic heterocycles. The molecule has 0 fully saturated rings. The minimum atomic E-state index is -0.313. The Bertz CT molecular complexity index is 763. The largest absolute Gasteiger partial charge is 0.481 e. The standard InChI is InChI=1S/C18H15Cl2NO2/c1-13-6-2-3-7-17(13)23-11-5-4-10-21-18(22)15-12-14(19)8-9-16(15)20/h2-3,6-9,12H,10-11H2,1H3,(H,21,22). The van der Waals surface area contributed by atoms with E-state index in [1.165, 1.54) is 6.07 Å². The van der Waals surface area contributed by atoms with E-state index in [0.29, 0.717) is 15.6 Å². The summed E-state index contributed by atoms with van der Waals surface area (Å²) in [6.45, 7) is 2.44. The summed E-state index contributed by atoms with van der Waals surface area (Å²) in [5.41, 5.74) is 1.38. The fourth-order valence-corrected chi connectivity index (χ4v) is 2.21. The van der Waals surface area contributed by atoms with Crippen LogP contribution in [-0.2, 0) is 0 Å². The highest BCUT2D eigenvalue weighted by molar-refractivity contribution is 6.35. The molecule has 2 aromatic rings. The second kappa shape index (κ2) is 8.47. The first-order chi connectivity index (χ1) is 11.1. The van der Waals surface area contributed by atoms with Gasteiger partial charge in [0.15, 0.2) is 0 Å². The summed E-state index contributed by atoms with van der Waals surface area (Å²) >= 11 is 11.8. The van der Waals surface area contributed by atoms with Crippen LogP contribution in [0.1, 0.15) is 15.9 Å². The molecule has 5 heteroatoms. The van der Waals surface area contributed by atoms with Crippen LogP contribution < -0.4 is 10.1 Å². The number of amides is 1. The van der Waals surface area contributed by atoms with Crippen molar-refractivity contribution in [1.82, 2.24) is 5.32 Å². The third-order valence-corrected chi connectivity index (χ3v) is 3.59. The molecule has 0 heterocycles. The summed E-state index contributed by atoms with van der Waals surface area (Å²) < 4.78 is 5.54. The van der Waals surface area contributed by atoms with Gasteiger partial charge in [-0.3, -0.25) is 4.79 Å². The number of hydrogen-bond acceptors (Lipinski definition) is 2. The van der Waals surface area contributed by atoms with Crippen LogP contribution in [-0.4, -0.2) is 19.1 Å². The second-order valence-corrected chi connectivity index (χ2v) is 5.56. The number of para-hydroxylation sites is 1. The molecular weight excluding hydrogens is 333 g/mol. The molecule has 3 nitrogen and oxygen atoms in total. The van der Waals surface area contributed by atoms with Crippen LogP contribution in [0, 0.1) is 18.8 Å². The Kier molecular flexibility index (Phi) is 6.34. The SMILES string of the molecule is Cc1ccccc1OCC#CCNC(=O)c1cc(Cl)ccc1Cl. The lowest BCUT2D eigenvalue weighted by Gasteiger charge is -2.05. The Hall–Kier alpha value is -2.15. The zero-order valence-corrected chi connectivity index (χ0v) is 14.0. The molecule has 0 radical (unpaired) electrons. The molecule has 2 rings (SSSR count). The van der Waals surface area contributed by atoms with Crippen LogP contribution in [0.2, 0.25) is 10.0 Å². The van der Waals surface area contributed by atoms with Crippen molar-refractivity contribution in [3.05, 3.63) is 63.6 Å². The van der Waals surface area contributed by atoms with Crippen LogP contribution in [0.5, 0.6) is 5.75 Å². The predicted octanol–water partition coefficient (Wildman–Crippen LogP) is 4.11. The molecule has 0 aliphatic rings. The minimum absolute atomic E-state index is 0.207. The number of nitrogens with one attached hydrogen (secondary N) is 1. The number of benzene rings is 2. The highest BCUT2D eigenvalue weighted by Gasteiger charge is 2.09. The van der Waals surface area contributed by atoms with Crippen molar-refractivity contribution in [3.8, 4) is 17.6 Å². The van der Waals surface area contributed by atoms with Gasteiger partial charge in [0.05, 0.1) is 17.1 Å². The summed E-state index contributed by atoms with van der Waals surface area (Å²) in [5.74, 6) is 6.16. The van der Waals surface area contributed by atoms with Gasteiger partial charge in [-0.05, 0) is 36.8 Å². The normalized spacial score (nSPS) is 9.70. The molecule has 1 N–H and O–H groups in total. The summed E-state index contributed by atoms with van der Waals surface area (Å²) in [6, 6.07) is 12.4. The molecule has 0 saturated heterocycles. The van der Waals surface area contributed by atoms with Gasteiger partial charge < -0.3 is 10.1 Å². The van der Waals surface area contributed by atoms with Gasteiger partial charge in [-0.1, -0.05) is 53.2 Å². The molecule has 118 valence electrons. The lowest BCUT2D eigenvalue weighted by molar-refractivity contribution is 0.0959. The van der Waals surface area contributed by atoms with Gasteiger partial charge in [-0.15, -0.1) is 0 Å². The van der Waals surface area contributed by atoms with Crippen LogP contribution in [0.3, 0.4) is 0 Å². The van der Waals surface area contributed by atoms with E-state index >= 15 is 0 Å². The maximum absolute atomic E-state index is 12.0. The number of rotatable bonds is 4. The number of carbonyl (C=O) groups excluding carboxylic acids is 1. The fraction of sp³-hybridized carbons (Fsp3) is 0.167. The second-order valence-electron chi connectivity index (χ2n) is 4.71. The van der Waals surface area contributed by atoms with Crippen molar-refractivity contribution < 1.29 is 9.53 Å². The van der Waals surface area contributed by atoms with E-state index < -0.39 is 0 Å². The maximum Gasteiger partial charge on any atom is 0.253 e. The van der Waals surface area contributed by atoms with Crippen molar-refractivity contribution >= 4 is 29.1 Å². The van der Waals surface area contributed by atoms with E-state index in [1.54, 1.807) is 12.1 Å². The number of hydrogen-bond donors (Lipinski definition) is 1. The molecule has 0 saturated carbocycles. The van der Waals surface area contributed by atoms with Gasteiger partial charge in [0, 0.05) is 5.02 Å². The van der Waals surface area contributed by atoms with Gasteiger partial charge >= 0.3 is 0 Å². The third-order valence-electron chi connectivity index (χ3n) is 3.03. The minimum Gasteiger partial charge on any atom is -0.481 e. The zero-order chi connectivity index (χ0) is 16.7. The Morgan fingerprint density at radius 2 is 1.96 bits per heavy atom. The van der Waals surface area contributed by atoms with E-state index in [9.17, 15) is 4.79 Å². The van der Waals surface area contributed by atoms with E-state index in [1.807, 2.05) is 31.2 Å².